The van der Waals surface area contributed by atoms with E-state index in [1.165, 1.54) is 11.8 Å². The molecule has 5 nitrogen and oxygen atoms in total. The van der Waals surface area contributed by atoms with Crippen molar-refractivity contribution in [2.45, 2.75) is 6.61 Å². The molecule has 0 saturated carbocycles. The highest BCUT2D eigenvalue weighted by Gasteiger charge is 2.25. The summed E-state index contributed by atoms with van der Waals surface area (Å²) in [6, 6.07) is 21.1. The van der Waals surface area contributed by atoms with Crippen LogP contribution in [0.1, 0.15) is 11.1 Å². The van der Waals surface area contributed by atoms with Crippen molar-refractivity contribution in [2.24, 2.45) is 4.99 Å². The second kappa shape index (κ2) is 10.4. The molecular formula is C24H18Br2N2O3S. The number of amidine groups is 1. The standard InChI is InChI=1S/C24H18Br2N2O3S/c1-30-19-9-7-18(8-10-19)27-24-28-23(29)21(32-24)12-16-11-17(25)13-20(26)22(16)31-14-15-5-3-2-4-6-15/h2-13H,14H2,1H3,(H,27,28,29)/b21-12-. The molecule has 0 unspecified atom stereocenters. The molecule has 0 aliphatic carbocycles. The lowest BCUT2D eigenvalue weighted by Gasteiger charge is -2.12. The number of ether oxygens (including phenoxy) is 2. The molecule has 1 heterocycles. The van der Waals surface area contributed by atoms with Crippen molar-refractivity contribution < 1.29 is 14.3 Å². The molecule has 0 radical (unpaired) electrons. The van der Waals surface area contributed by atoms with Crippen LogP contribution >= 0.6 is 43.6 Å². The number of halogens is 2. The van der Waals surface area contributed by atoms with E-state index in [1.54, 1.807) is 7.11 Å². The maximum atomic E-state index is 12.6. The Labute approximate surface area is 207 Å². The van der Waals surface area contributed by atoms with Crippen LogP contribution < -0.4 is 14.8 Å². The smallest absolute Gasteiger partial charge is 0.264 e. The lowest BCUT2D eigenvalue weighted by Crippen LogP contribution is -2.19. The summed E-state index contributed by atoms with van der Waals surface area (Å²) in [5.74, 6) is 1.21. The van der Waals surface area contributed by atoms with Crippen molar-refractivity contribution in [1.82, 2.24) is 5.32 Å². The molecule has 4 rings (SSSR count). The van der Waals surface area contributed by atoms with Gasteiger partial charge in [0, 0.05) is 10.0 Å². The summed E-state index contributed by atoms with van der Waals surface area (Å²) in [5.41, 5.74) is 2.57. The van der Waals surface area contributed by atoms with E-state index in [1.807, 2.05) is 72.8 Å². The zero-order valence-corrected chi connectivity index (χ0v) is 21.0. The van der Waals surface area contributed by atoms with Gasteiger partial charge in [0.25, 0.3) is 5.91 Å². The number of benzene rings is 3. The van der Waals surface area contributed by atoms with Crippen LogP contribution in [0.4, 0.5) is 5.69 Å². The second-order valence-corrected chi connectivity index (χ2v) is 9.56. The fraction of sp³-hybridized carbons (Fsp3) is 0.0833. The van der Waals surface area contributed by atoms with Gasteiger partial charge in [-0.1, -0.05) is 46.3 Å². The van der Waals surface area contributed by atoms with Gasteiger partial charge in [-0.25, -0.2) is 4.99 Å². The van der Waals surface area contributed by atoms with Gasteiger partial charge in [-0.15, -0.1) is 0 Å². The second-order valence-electron chi connectivity index (χ2n) is 6.76. The lowest BCUT2D eigenvalue weighted by atomic mass is 10.1. The molecule has 1 amide bonds. The molecule has 0 atom stereocenters. The Morgan fingerprint density at radius 2 is 1.81 bits per heavy atom. The first kappa shape index (κ1) is 22.6. The average molecular weight is 574 g/mol. The summed E-state index contributed by atoms with van der Waals surface area (Å²) < 4.78 is 12.9. The number of methoxy groups -OCH3 is 1. The molecule has 0 bridgehead atoms. The minimum atomic E-state index is -0.202. The third-order valence-electron chi connectivity index (χ3n) is 4.50. The van der Waals surface area contributed by atoms with Crippen molar-refractivity contribution in [3.8, 4) is 11.5 Å². The van der Waals surface area contributed by atoms with Gasteiger partial charge in [-0.05, 0) is 75.7 Å². The molecule has 1 saturated heterocycles. The maximum absolute atomic E-state index is 12.6. The Balaban J connectivity index is 1.58. The van der Waals surface area contributed by atoms with E-state index in [9.17, 15) is 4.79 Å². The fourth-order valence-electron chi connectivity index (χ4n) is 2.97. The third kappa shape index (κ3) is 5.62. The van der Waals surface area contributed by atoms with E-state index in [2.05, 4.69) is 42.2 Å². The Morgan fingerprint density at radius 3 is 2.53 bits per heavy atom. The predicted molar refractivity (Wildman–Crippen MR) is 136 cm³/mol. The Morgan fingerprint density at radius 1 is 1.06 bits per heavy atom. The lowest BCUT2D eigenvalue weighted by molar-refractivity contribution is -0.115. The summed E-state index contributed by atoms with van der Waals surface area (Å²) in [6.45, 7) is 0.417. The number of nitrogens with zero attached hydrogens (tertiary/aromatic N) is 1. The van der Waals surface area contributed by atoms with Crippen LogP contribution in [-0.2, 0) is 11.4 Å². The molecule has 1 N–H and O–H groups in total. The van der Waals surface area contributed by atoms with Crippen LogP contribution in [0.3, 0.4) is 0 Å². The first-order chi connectivity index (χ1) is 15.5. The first-order valence-electron chi connectivity index (χ1n) is 9.61. The van der Waals surface area contributed by atoms with E-state index in [0.29, 0.717) is 22.4 Å². The van der Waals surface area contributed by atoms with Gasteiger partial charge in [-0.3, -0.25) is 4.79 Å². The van der Waals surface area contributed by atoms with Gasteiger partial charge in [0.1, 0.15) is 18.1 Å². The molecule has 32 heavy (non-hydrogen) atoms. The van der Waals surface area contributed by atoms with Crippen LogP contribution in [0, 0.1) is 0 Å². The topological polar surface area (TPSA) is 59.9 Å². The average Bonchev–Trinajstić information content (AvgIpc) is 3.12. The minimum Gasteiger partial charge on any atom is -0.497 e. The third-order valence-corrected chi connectivity index (χ3v) is 6.46. The zero-order valence-electron chi connectivity index (χ0n) is 17.0. The van der Waals surface area contributed by atoms with Gasteiger partial charge in [0.2, 0.25) is 0 Å². The molecule has 0 aromatic heterocycles. The SMILES string of the molecule is COc1ccc(N=C2NC(=O)/C(=C/c3cc(Br)cc(Br)c3OCc3ccccc3)S2)cc1. The largest absolute Gasteiger partial charge is 0.497 e. The van der Waals surface area contributed by atoms with Crippen LogP contribution in [-0.4, -0.2) is 18.2 Å². The quantitative estimate of drug-likeness (QED) is 0.334. The number of hydrogen-bond donors (Lipinski definition) is 1. The van der Waals surface area contributed by atoms with Gasteiger partial charge in [-0.2, -0.15) is 0 Å². The van der Waals surface area contributed by atoms with E-state index in [4.69, 9.17) is 9.47 Å². The maximum Gasteiger partial charge on any atom is 0.264 e. The van der Waals surface area contributed by atoms with Crippen molar-refractivity contribution in [2.75, 3.05) is 7.11 Å². The summed E-state index contributed by atoms with van der Waals surface area (Å²) in [7, 11) is 1.61. The van der Waals surface area contributed by atoms with Crippen LogP contribution in [0.25, 0.3) is 6.08 Å². The van der Waals surface area contributed by atoms with Crippen molar-refractivity contribution >= 4 is 66.5 Å². The summed E-state index contributed by atoms with van der Waals surface area (Å²) in [4.78, 5) is 17.6. The monoisotopic (exact) mass is 572 g/mol. The molecule has 1 aliphatic rings. The normalized spacial score (nSPS) is 15.8. The van der Waals surface area contributed by atoms with E-state index in [0.717, 1.165) is 31.5 Å². The number of carbonyl (C=O) groups excluding carboxylic acids is 1. The van der Waals surface area contributed by atoms with Gasteiger partial charge < -0.3 is 14.8 Å². The summed E-state index contributed by atoms with van der Waals surface area (Å²) >= 11 is 8.38. The van der Waals surface area contributed by atoms with Gasteiger partial charge >= 0.3 is 0 Å². The number of rotatable bonds is 6. The molecule has 1 fully saturated rings. The zero-order chi connectivity index (χ0) is 22.5. The number of carbonyl (C=O) groups is 1. The number of thioether (sulfide) groups is 1. The number of nitrogens with one attached hydrogen (secondary N) is 1. The van der Waals surface area contributed by atoms with Gasteiger partial charge in [0.05, 0.1) is 22.2 Å². The molecule has 3 aromatic rings. The Bertz CT molecular complexity index is 1200. The predicted octanol–water partition coefficient (Wildman–Crippen LogP) is 6.69. The molecule has 8 heteroatoms. The highest BCUT2D eigenvalue weighted by atomic mass is 79.9. The highest BCUT2D eigenvalue weighted by Crippen LogP contribution is 2.37. The van der Waals surface area contributed by atoms with E-state index < -0.39 is 0 Å². The number of hydrogen-bond acceptors (Lipinski definition) is 5. The van der Waals surface area contributed by atoms with Crippen molar-refractivity contribution in [1.29, 1.82) is 0 Å². The van der Waals surface area contributed by atoms with Crippen molar-refractivity contribution in [3.05, 3.63) is 91.7 Å². The molecule has 1 aliphatic heterocycles. The Hall–Kier alpha value is -2.55. The van der Waals surface area contributed by atoms with Crippen LogP contribution in [0.2, 0.25) is 0 Å². The first-order valence-corrected chi connectivity index (χ1v) is 12.0. The molecule has 162 valence electrons. The Kier molecular flexibility index (Phi) is 7.34. The number of amides is 1. The molecule has 3 aromatic carbocycles. The fourth-order valence-corrected chi connectivity index (χ4v) is 5.17. The van der Waals surface area contributed by atoms with Gasteiger partial charge in [0.15, 0.2) is 5.17 Å². The summed E-state index contributed by atoms with van der Waals surface area (Å²) in [6.07, 6.45) is 1.81. The van der Waals surface area contributed by atoms with Crippen LogP contribution in [0.5, 0.6) is 11.5 Å². The van der Waals surface area contributed by atoms with E-state index in [-0.39, 0.29) is 5.91 Å². The van der Waals surface area contributed by atoms with Crippen molar-refractivity contribution in [3.63, 3.8) is 0 Å². The minimum absolute atomic E-state index is 0.202. The molecule has 0 spiro atoms. The molecular weight excluding hydrogens is 556 g/mol. The highest BCUT2D eigenvalue weighted by molar-refractivity contribution is 9.11. The number of aliphatic imine (C=N–C) groups is 1. The van der Waals surface area contributed by atoms with E-state index >= 15 is 0 Å². The van der Waals surface area contributed by atoms with Crippen LogP contribution in [0.15, 0.2) is 85.6 Å². The summed E-state index contributed by atoms with van der Waals surface area (Å²) in [5, 5.41) is 3.34.